The number of urea groups is 1. The van der Waals surface area contributed by atoms with E-state index in [1.807, 2.05) is 48.0 Å². The average molecular weight is 404 g/mol. The Balaban J connectivity index is 1.72. The molecule has 8 nitrogen and oxygen atoms in total. The molecule has 1 aromatic rings. The van der Waals surface area contributed by atoms with Gasteiger partial charge in [0.15, 0.2) is 12.2 Å². The SMILES string of the molecule is COCCN1C(=O)C2C(N=C3N(c4cc(Cl)ccc4C)C(C)=CN32)N(C)C1=O. The van der Waals surface area contributed by atoms with Crippen LogP contribution in [0.2, 0.25) is 5.02 Å². The van der Waals surface area contributed by atoms with Crippen LogP contribution in [-0.4, -0.2) is 72.1 Å². The lowest BCUT2D eigenvalue weighted by molar-refractivity contribution is -0.137. The molecule has 0 radical (unpaired) electrons. The smallest absolute Gasteiger partial charge is 0.328 e. The number of anilines is 1. The fourth-order valence-electron chi connectivity index (χ4n) is 3.86. The van der Waals surface area contributed by atoms with Crippen LogP contribution in [0.1, 0.15) is 12.5 Å². The predicted octanol–water partition coefficient (Wildman–Crippen LogP) is 2.24. The van der Waals surface area contributed by atoms with Crippen LogP contribution >= 0.6 is 11.6 Å². The summed E-state index contributed by atoms with van der Waals surface area (Å²) >= 11 is 6.22. The van der Waals surface area contributed by atoms with Crippen molar-refractivity contribution in [1.29, 1.82) is 0 Å². The number of likely N-dealkylation sites (N-methyl/N-ethyl adjacent to an activating group) is 1. The van der Waals surface area contributed by atoms with Crippen LogP contribution < -0.4 is 4.90 Å². The summed E-state index contributed by atoms with van der Waals surface area (Å²) in [6.45, 7) is 4.46. The molecule has 0 spiro atoms. The lowest BCUT2D eigenvalue weighted by Gasteiger charge is -2.40. The van der Waals surface area contributed by atoms with E-state index in [-0.39, 0.29) is 18.5 Å². The first-order valence-corrected chi connectivity index (χ1v) is 9.41. The molecule has 0 N–H and O–H groups in total. The molecule has 9 heteroatoms. The van der Waals surface area contributed by atoms with Crippen LogP contribution in [0, 0.1) is 6.92 Å². The topological polar surface area (TPSA) is 68.7 Å². The first kappa shape index (κ1) is 18.8. The molecule has 148 valence electrons. The molecule has 1 aromatic carbocycles. The van der Waals surface area contributed by atoms with Gasteiger partial charge in [0.2, 0.25) is 5.96 Å². The van der Waals surface area contributed by atoms with E-state index in [2.05, 4.69) is 0 Å². The minimum absolute atomic E-state index is 0.213. The highest BCUT2D eigenvalue weighted by Crippen LogP contribution is 2.38. The number of hydrogen-bond donors (Lipinski definition) is 0. The lowest BCUT2D eigenvalue weighted by atomic mass is 10.1. The fourth-order valence-corrected chi connectivity index (χ4v) is 4.03. The maximum atomic E-state index is 13.1. The molecule has 2 atom stereocenters. The summed E-state index contributed by atoms with van der Waals surface area (Å²) in [4.78, 5) is 37.1. The van der Waals surface area contributed by atoms with Gasteiger partial charge in [-0.25, -0.2) is 9.79 Å². The van der Waals surface area contributed by atoms with Crippen LogP contribution in [0.4, 0.5) is 10.5 Å². The van der Waals surface area contributed by atoms with E-state index in [0.717, 1.165) is 16.9 Å². The van der Waals surface area contributed by atoms with Gasteiger partial charge in [0.05, 0.1) is 18.8 Å². The van der Waals surface area contributed by atoms with Crippen LogP contribution in [0.15, 0.2) is 35.1 Å². The maximum Gasteiger partial charge on any atom is 0.328 e. The van der Waals surface area contributed by atoms with E-state index in [1.54, 1.807) is 14.2 Å². The van der Waals surface area contributed by atoms with E-state index in [1.165, 1.54) is 9.80 Å². The molecule has 0 saturated carbocycles. The molecule has 0 aliphatic carbocycles. The molecule has 1 saturated heterocycles. The summed E-state index contributed by atoms with van der Waals surface area (Å²) < 4.78 is 5.05. The quantitative estimate of drug-likeness (QED) is 0.771. The summed E-state index contributed by atoms with van der Waals surface area (Å²) in [5.74, 6) is 0.358. The van der Waals surface area contributed by atoms with Gasteiger partial charge in [-0.3, -0.25) is 14.6 Å². The number of imide groups is 1. The van der Waals surface area contributed by atoms with E-state index in [0.29, 0.717) is 17.6 Å². The number of guanidine groups is 1. The number of carbonyl (C=O) groups excluding carboxylic acids is 2. The summed E-state index contributed by atoms with van der Waals surface area (Å²) in [6.07, 6.45) is 1.33. The molecular formula is C19H22ClN5O3. The zero-order valence-corrected chi connectivity index (χ0v) is 17.0. The minimum atomic E-state index is -0.589. The Kier molecular flexibility index (Phi) is 4.55. The largest absolute Gasteiger partial charge is 0.383 e. The second-order valence-corrected chi connectivity index (χ2v) is 7.54. The van der Waals surface area contributed by atoms with Gasteiger partial charge in [-0.1, -0.05) is 17.7 Å². The molecule has 2 unspecified atom stereocenters. The molecule has 0 bridgehead atoms. The van der Waals surface area contributed by atoms with Gasteiger partial charge in [0, 0.05) is 31.1 Å². The number of aryl methyl sites for hydroxylation is 1. The van der Waals surface area contributed by atoms with Crippen molar-refractivity contribution in [1.82, 2.24) is 14.7 Å². The molecule has 3 heterocycles. The normalized spacial score (nSPS) is 23.9. The van der Waals surface area contributed by atoms with Gasteiger partial charge < -0.3 is 14.5 Å². The van der Waals surface area contributed by atoms with Crippen molar-refractivity contribution >= 4 is 35.2 Å². The van der Waals surface area contributed by atoms with Crippen molar-refractivity contribution < 1.29 is 14.3 Å². The van der Waals surface area contributed by atoms with Gasteiger partial charge >= 0.3 is 6.03 Å². The number of benzene rings is 1. The highest BCUT2D eigenvalue weighted by atomic mass is 35.5. The zero-order chi connectivity index (χ0) is 20.2. The highest BCUT2D eigenvalue weighted by molar-refractivity contribution is 6.31. The third-order valence-electron chi connectivity index (χ3n) is 5.32. The monoisotopic (exact) mass is 403 g/mol. The number of methoxy groups -OCH3 is 1. The minimum Gasteiger partial charge on any atom is -0.383 e. The number of rotatable bonds is 4. The summed E-state index contributed by atoms with van der Waals surface area (Å²) in [6, 6.07) is 4.72. The number of halogens is 1. The number of hydrogen-bond acceptors (Lipinski definition) is 6. The summed E-state index contributed by atoms with van der Waals surface area (Å²) in [5, 5.41) is 0.622. The standard InChI is InChI=1S/C19H22ClN5O3/c1-11-5-6-13(20)9-14(11)25-12(2)10-24-15-16(21-18(24)25)22(3)19(27)23(17(15)26)7-8-28-4/h5-6,9-10,15-16H,7-8H2,1-4H3. The predicted molar refractivity (Wildman–Crippen MR) is 106 cm³/mol. The Morgan fingerprint density at radius 1 is 1.25 bits per heavy atom. The number of fused-ring (bicyclic) bond motifs is 3. The highest BCUT2D eigenvalue weighted by Gasteiger charge is 2.54. The van der Waals surface area contributed by atoms with Crippen molar-refractivity contribution in [3.63, 3.8) is 0 Å². The molecule has 28 heavy (non-hydrogen) atoms. The molecule has 3 aliphatic heterocycles. The second kappa shape index (κ2) is 6.79. The Labute approximate surface area is 168 Å². The van der Waals surface area contributed by atoms with E-state index >= 15 is 0 Å². The zero-order valence-electron chi connectivity index (χ0n) is 16.2. The fraction of sp³-hybridized carbons (Fsp3) is 0.421. The Bertz CT molecular complexity index is 915. The van der Waals surface area contributed by atoms with Crippen LogP contribution in [0.5, 0.6) is 0 Å². The van der Waals surface area contributed by atoms with Crippen molar-refractivity contribution in [2.45, 2.75) is 26.1 Å². The third-order valence-corrected chi connectivity index (χ3v) is 5.55. The number of carbonyl (C=O) groups is 2. The van der Waals surface area contributed by atoms with Gasteiger partial charge in [-0.15, -0.1) is 0 Å². The van der Waals surface area contributed by atoms with Gasteiger partial charge in [0.25, 0.3) is 5.91 Å². The number of amides is 3. The first-order valence-electron chi connectivity index (χ1n) is 9.03. The second-order valence-electron chi connectivity index (χ2n) is 7.11. The van der Waals surface area contributed by atoms with Gasteiger partial charge in [-0.05, 0) is 31.5 Å². The molecule has 1 fully saturated rings. The van der Waals surface area contributed by atoms with Crippen molar-refractivity contribution in [3.05, 3.63) is 40.7 Å². The van der Waals surface area contributed by atoms with E-state index in [9.17, 15) is 9.59 Å². The van der Waals surface area contributed by atoms with Crippen molar-refractivity contribution in [2.75, 3.05) is 32.2 Å². The average Bonchev–Trinajstić information content (AvgIpc) is 3.17. The summed E-state index contributed by atoms with van der Waals surface area (Å²) in [5.41, 5.74) is 2.87. The molecular weight excluding hydrogens is 382 g/mol. The molecule has 4 rings (SSSR count). The molecule has 0 aromatic heterocycles. The summed E-state index contributed by atoms with van der Waals surface area (Å²) in [7, 11) is 3.21. The van der Waals surface area contributed by atoms with Crippen molar-refractivity contribution in [2.24, 2.45) is 4.99 Å². The number of aliphatic imine (C=N–C) groups is 1. The Hall–Kier alpha value is -2.58. The van der Waals surface area contributed by atoms with Gasteiger partial charge in [0.1, 0.15) is 0 Å². The van der Waals surface area contributed by atoms with E-state index in [4.69, 9.17) is 21.3 Å². The number of allylic oxidation sites excluding steroid dienone is 1. The maximum absolute atomic E-state index is 13.1. The lowest BCUT2D eigenvalue weighted by Crippen LogP contribution is -2.64. The van der Waals surface area contributed by atoms with Crippen LogP contribution in [-0.2, 0) is 9.53 Å². The van der Waals surface area contributed by atoms with Crippen LogP contribution in [0.3, 0.4) is 0 Å². The van der Waals surface area contributed by atoms with E-state index < -0.39 is 12.2 Å². The van der Waals surface area contributed by atoms with Crippen molar-refractivity contribution in [3.8, 4) is 0 Å². The Morgan fingerprint density at radius 2 is 2.00 bits per heavy atom. The third kappa shape index (κ3) is 2.67. The molecule has 3 aliphatic rings. The first-order chi connectivity index (χ1) is 13.3. The number of ether oxygens (including phenoxy) is 1. The van der Waals surface area contributed by atoms with Gasteiger partial charge in [-0.2, -0.15) is 0 Å². The Morgan fingerprint density at radius 3 is 2.71 bits per heavy atom. The van der Waals surface area contributed by atoms with Crippen LogP contribution in [0.25, 0.3) is 0 Å². The number of nitrogens with zero attached hydrogens (tertiary/aromatic N) is 5. The molecule has 3 amide bonds.